The van der Waals surface area contributed by atoms with Gasteiger partial charge in [0.25, 0.3) is 0 Å². The van der Waals surface area contributed by atoms with Gasteiger partial charge in [-0.05, 0) is 57.0 Å². The number of benzene rings is 4. The smallest absolute Gasteiger partial charge is 0.333 e. The molecule has 4 aromatic carbocycles. The van der Waals surface area contributed by atoms with Gasteiger partial charge in [-0.15, -0.1) is 0 Å². The zero-order chi connectivity index (χ0) is 30.9. The molecular weight excluding hydrogens is 560 g/mol. The van der Waals surface area contributed by atoms with E-state index in [0.717, 1.165) is 31.3 Å². The molecule has 7 heteroatoms. The maximum Gasteiger partial charge on any atom is 0.333 e. The molecule has 2 unspecified atom stereocenters. The third-order valence-electron chi connectivity index (χ3n) is 6.86. The van der Waals surface area contributed by atoms with Crippen LogP contribution in [-0.4, -0.2) is 37.4 Å². The summed E-state index contributed by atoms with van der Waals surface area (Å²) in [5, 5.41) is 3.45. The third-order valence-corrected chi connectivity index (χ3v) is 7.86. The summed E-state index contributed by atoms with van der Waals surface area (Å²) in [6, 6.07) is 24.2. The molecule has 43 heavy (non-hydrogen) atoms. The Morgan fingerprint density at radius 2 is 1.12 bits per heavy atom. The largest absolute Gasteiger partial charge is 0.488 e. The Morgan fingerprint density at radius 1 is 0.651 bits per heavy atom. The quantitative estimate of drug-likeness (QED) is 0.0817. The molecule has 0 aliphatic heterocycles. The summed E-state index contributed by atoms with van der Waals surface area (Å²) in [4.78, 5) is 26.6. The van der Waals surface area contributed by atoms with Crippen molar-refractivity contribution in [3.05, 3.63) is 97.1 Å². The second-order valence-corrected chi connectivity index (χ2v) is 11.5. The van der Waals surface area contributed by atoms with E-state index in [4.69, 9.17) is 18.9 Å². The van der Waals surface area contributed by atoms with Crippen molar-refractivity contribution < 1.29 is 28.5 Å². The van der Waals surface area contributed by atoms with Gasteiger partial charge in [0.1, 0.15) is 36.9 Å². The molecule has 2 atom stereocenters. The molecule has 0 radical (unpaired) electrons. The lowest BCUT2D eigenvalue weighted by atomic mass is 10.0. The van der Waals surface area contributed by atoms with Gasteiger partial charge in [-0.3, -0.25) is 0 Å². The molecule has 0 saturated heterocycles. The third kappa shape index (κ3) is 7.99. The van der Waals surface area contributed by atoms with Gasteiger partial charge in [0.2, 0.25) is 0 Å². The van der Waals surface area contributed by atoms with E-state index in [1.54, 1.807) is 25.6 Å². The Labute approximate surface area is 257 Å². The number of carbonyl (C=O) groups excluding carboxylic acids is 2. The van der Waals surface area contributed by atoms with Crippen LogP contribution in [0.5, 0.6) is 11.5 Å². The lowest BCUT2D eigenvalue weighted by molar-refractivity contribution is -0.146. The van der Waals surface area contributed by atoms with Crippen LogP contribution in [0, 0.1) is 0 Å². The summed E-state index contributed by atoms with van der Waals surface area (Å²) in [5.74, 6) is 0.487. The number of carbonyl (C=O) groups is 2. The highest BCUT2D eigenvalue weighted by molar-refractivity contribution is 7.99. The van der Waals surface area contributed by atoms with Crippen LogP contribution in [0.2, 0.25) is 0 Å². The molecule has 0 bridgehead atoms. The van der Waals surface area contributed by atoms with Gasteiger partial charge < -0.3 is 18.9 Å². The summed E-state index contributed by atoms with van der Waals surface area (Å²) >= 11 is 1.65. The Balaban J connectivity index is 1.78. The van der Waals surface area contributed by atoms with Gasteiger partial charge in [0.05, 0.1) is 0 Å². The van der Waals surface area contributed by atoms with Crippen molar-refractivity contribution in [2.24, 2.45) is 0 Å². The molecule has 0 fully saturated rings. The molecule has 0 aliphatic rings. The lowest BCUT2D eigenvalue weighted by Crippen LogP contribution is -2.25. The van der Waals surface area contributed by atoms with Crippen LogP contribution in [0.25, 0.3) is 21.5 Å². The van der Waals surface area contributed by atoms with E-state index >= 15 is 0 Å². The van der Waals surface area contributed by atoms with Crippen molar-refractivity contribution in [1.29, 1.82) is 0 Å². The first kappa shape index (κ1) is 31.7. The average molecular weight is 599 g/mol. The molecule has 0 saturated carbocycles. The number of hydrogen-bond donors (Lipinski definition) is 0. The Morgan fingerprint density at radius 3 is 1.60 bits per heavy atom. The first-order valence-corrected chi connectivity index (χ1v) is 15.2. The van der Waals surface area contributed by atoms with Crippen molar-refractivity contribution in [2.75, 3.05) is 13.2 Å². The van der Waals surface area contributed by atoms with E-state index in [9.17, 15) is 9.59 Å². The molecule has 0 amide bonds. The molecule has 0 aromatic heterocycles. The van der Waals surface area contributed by atoms with Gasteiger partial charge in [0.15, 0.2) is 0 Å². The first-order chi connectivity index (χ1) is 20.7. The molecule has 0 aliphatic carbocycles. The maximum absolute atomic E-state index is 12.2. The van der Waals surface area contributed by atoms with Gasteiger partial charge in [-0.1, -0.05) is 81.2 Å². The van der Waals surface area contributed by atoms with Gasteiger partial charge in [-0.25, -0.2) is 9.59 Å². The van der Waals surface area contributed by atoms with E-state index in [0.29, 0.717) is 35.5 Å². The highest BCUT2D eigenvalue weighted by Crippen LogP contribution is 2.45. The van der Waals surface area contributed by atoms with Crippen LogP contribution in [0.1, 0.15) is 40.5 Å². The molecule has 4 rings (SSSR count). The number of ether oxygens (including phenoxy) is 4. The maximum atomic E-state index is 12.2. The number of fused-ring (bicyclic) bond motifs is 2. The van der Waals surface area contributed by atoms with Crippen molar-refractivity contribution in [3.63, 3.8) is 0 Å². The molecule has 0 heterocycles. The summed E-state index contributed by atoms with van der Waals surface area (Å²) < 4.78 is 24.2. The first-order valence-electron chi connectivity index (χ1n) is 14.4. The van der Waals surface area contributed by atoms with Crippen molar-refractivity contribution in [3.8, 4) is 11.5 Å². The SMILES string of the molecule is C=C(C)C(=O)OC(CC)COc1c2ccccc2c(OCC(CC)OC(=O)C(=C)C)c2cc(Sc3ccccc3)ccc12. The van der Waals surface area contributed by atoms with Crippen LogP contribution in [0.15, 0.2) is 107 Å². The highest BCUT2D eigenvalue weighted by Gasteiger charge is 2.21. The minimum absolute atomic E-state index is 0.180. The van der Waals surface area contributed by atoms with E-state index in [1.807, 2.05) is 62.4 Å². The fourth-order valence-corrected chi connectivity index (χ4v) is 5.28. The fraction of sp³-hybridized carbons (Fsp3) is 0.278. The van der Waals surface area contributed by atoms with Crippen LogP contribution >= 0.6 is 11.8 Å². The Hall–Kier alpha value is -4.23. The molecule has 4 aromatic rings. The van der Waals surface area contributed by atoms with Gasteiger partial charge >= 0.3 is 11.9 Å². The minimum Gasteiger partial charge on any atom is -0.488 e. The minimum atomic E-state index is -0.441. The van der Waals surface area contributed by atoms with E-state index in [2.05, 4.69) is 37.4 Å². The van der Waals surface area contributed by atoms with Crippen LogP contribution in [0.4, 0.5) is 0 Å². The molecular formula is C36H38O6S. The van der Waals surface area contributed by atoms with Crippen LogP contribution in [0.3, 0.4) is 0 Å². The van der Waals surface area contributed by atoms with E-state index < -0.39 is 24.1 Å². The van der Waals surface area contributed by atoms with Gasteiger partial charge in [0, 0.05) is 42.5 Å². The highest BCUT2D eigenvalue weighted by atomic mass is 32.2. The standard InChI is InChI=1S/C36H38O6S/c1-7-25(41-35(37)23(3)4)21-39-33-29-16-12-13-17-30(29)34(40-22-26(8-2)42-36(38)24(5)6)32-20-28(18-19-31(32)33)43-27-14-10-9-11-15-27/h9-20,25-26H,3,5,7-8,21-22H2,1-2,4,6H3. The fourth-order valence-electron chi connectivity index (χ4n) is 4.40. The zero-order valence-corrected chi connectivity index (χ0v) is 26.0. The predicted octanol–water partition coefficient (Wildman–Crippen LogP) is 8.70. The zero-order valence-electron chi connectivity index (χ0n) is 25.2. The molecule has 224 valence electrons. The monoisotopic (exact) mass is 598 g/mol. The summed E-state index contributed by atoms with van der Waals surface area (Å²) in [6.07, 6.45) is 0.307. The number of rotatable bonds is 14. The topological polar surface area (TPSA) is 71.1 Å². The van der Waals surface area contributed by atoms with Crippen LogP contribution in [-0.2, 0) is 19.1 Å². The van der Waals surface area contributed by atoms with E-state index in [1.165, 1.54) is 0 Å². The van der Waals surface area contributed by atoms with Crippen molar-refractivity contribution in [2.45, 2.75) is 62.5 Å². The van der Waals surface area contributed by atoms with E-state index in [-0.39, 0.29) is 13.2 Å². The number of esters is 2. The molecule has 0 spiro atoms. The summed E-state index contributed by atoms with van der Waals surface area (Å²) in [7, 11) is 0. The molecule has 0 N–H and O–H groups in total. The average Bonchev–Trinajstić information content (AvgIpc) is 3.01. The molecule has 6 nitrogen and oxygen atoms in total. The normalized spacial score (nSPS) is 12.4. The number of hydrogen-bond acceptors (Lipinski definition) is 7. The lowest BCUT2D eigenvalue weighted by Gasteiger charge is -2.22. The predicted molar refractivity (Wildman–Crippen MR) is 173 cm³/mol. The van der Waals surface area contributed by atoms with Crippen molar-refractivity contribution in [1.82, 2.24) is 0 Å². The van der Waals surface area contributed by atoms with Crippen molar-refractivity contribution >= 4 is 45.2 Å². The Kier molecular flexibility index (Phi) is 10.9. The summed E-state index contributed by atoms with van der Waals surface area (Å²) in [5.41, 5.74) is 0.691. The summed E-state index contributed by atoms with van der Waals surface area (Å²) in [6.45, 7) is 14.9. The Bertz CT molecular complexity index is 1630. The second-order valence-electron chi connectivity index (χ2n) is 10.4. The van der Waals surface area contributed by atoms with Gasteiger partial charge in [-0.2, -0.15) is 0 Å². The second kappa shape index (κ2) is 14.8. The van der Waals surface area contributed by atoms with Crippen LogP contribution < -0.4 is 9.47 Å².